The predicted octanol–water partition coefficient (Wildman–Crippen LogP) is 1.85. The van der Waals surface area contributed by atoms with Gasteiger partial charge in [0.1, 0.15) is 10.7 Å². The van der Waals surface area contributed by atoms with E-state index in [9.17, 15) is 12.8 Å². The highest BCUT2D eigenvalue weighted by Gasteiger charge is 2.35. The number of rotatable bonds is 4. The van der Waals surface area contributed by atoms with E-state index in [4.69, 9.17) is 10.5 Å². The number of hydrogen-bond donors (Lipinski definition) is 1. The van der Waals surface area contributed by atoms with Crippen LogP contribution in [0.3, 0.4) is 0 Å². The maximum Gasteiger partial charge on any atom is 0.246 e. The van der Waals surface area contributed by atoms with Crippen molar-refractivity contribution in [2.45, 2.75) is 30.8 Å². The third kappa shape index (κ3) is 3.29. The molecule has 0 amide bonds. The van der Waals surface area contributed by atoms with Crippen LogP contribution in [0.2, 0.25) is 0 Å². The van der Waals surface area contributed by atoms with Crippen LogP contribution in [-0.2, 0) is 21.3 Å². The first kappa shape index (κ1) is 16.8. The van der Waals surface area contributed by atoms with Gasteiger partial charge in [0.2, 0.25) is 10.0 Å². The average Bonchev–Trinajstić information content (AvgIpc) is 2.48. The number of benzene rings is 1. The lowest BCUT2D eigenvalue weighted by atomic mass is 10.2. The summed E-state index contributed by atoms with van der Waals surface area (Å²) in [7, 11) is -3.92. The van der Waals surface area contributed by atoms with Crippen molar-refractivity contribution in [3.8, 4) is 0 Å². The fraction of sp³-hybridized carbons (Fsp3) is 0.538. The summed E-state index contributed by atoms with van der Waals surface area (Å²) in [5.41, 5.74) is 5.64. The molecule has 1 saturated heterocycles. The van der Waals surface area contributed by atoms with Crippen molar-refractivity contribution in [3.63, 3.8) is 0 Å². The molecular weight excluding hydrogens is 363 g/mol. The average molecular weight is 381 g/mol. The Balaban J connectivity index is 2.50. The van der Waals surface area contributed by atoms with Crippen molar-refractivity contribution in [2.24, 2.45) is 5.73 Å². The molecule has 2 N–H and O–H groups in total. The molecule has 2 rings (SSSR count). The van der Waals surface area contributed by atoms with E-state index in [0.717, 1.165) is 0 Å². The molecular formula is C13H18BrFN2O3S. The van der Waals surface area contributed by atoms with E-state index in [0.29, 0.717) is 24.1 Å². The molecule has 1 aliphatic rings. The van der Waals surface area contributed by atoms with Crippen LogP contribution in [-0.4, -0.2) is 38.5 Å². The van der Waals surface area contributed by atoms with E-state index in [1.807, 2.05) is 6.92 Å². The summed E-state index contributed by atoms with van der Waals surface area (Å²) in [6, 6.07) is 2.50. The molecule has 0 radical (unpaired) electrons. The molecule has 1 heterocycles. The molecule has 0 spiro atoms. The zero-order valence-corrected chi connectivity index (χ0v) is 14.1. The number of ether oxygens (including phenoxy) is 1. The first-order valence-corrected chi connectivity index (χ1v) is 8.92. The Bertz CT molecular complexity index is 624. The summed E-state index contributed by atoms with van der Waals surface area (Å²) < 4.78 is 47.0. The zero-order chi connectivity index (χ0) is 15.6. The number of morpholine rings is 1. The molecule has 1 fully saturated rings. The Morgan fingerprint density at radius 3 is 2.86 bits per heavy atom. The van der Waals surface area contributed by atoms with Gasteiger partial charge in [-0.25, -0.2) is 12.8 Å². The molecule has 0 aromatic heterocycles. The number of halogens is 2. The van der Waals surface area contributed by atoms with Crippen LogP contribution in [0, 0.1) is 5.82 Å². The molecule has 118 valence electrons. The van der Waals surface area contributed by atoms with Gasteiger partial charge in [0.05, 0.1) is 13.2 Å². The quantitative estimate of drug-likeness (QED) is 0.864. The summed E-state index contributed by atoms with van der Waals surface area (Å²) in [5, 5.41) is 0. The van der Waals surface area contributed by atoms with E-state index < -0.39 is 15.8 Å². The first-order valence-electron chi connectivity index (χ1n) is 6.69. The SMILES string of the molecule is CCC1COCCN1S(=O)(=O)c1cc(Br)cc(CN)c1F. The summed E-state index contributed by atoms with van der Waals surface area (Å²) in [6.07, 6.45) is 0.610. The molecule has 21 heavy (non-hydrogen) atoms. The van der Waals surface area contributed by atoms with Crippen molar-refractivity contribution in [1.29, 1.82) is 0 Å². The Morgan fingerprint density at radius 2 is 2.24 bits per heavy atom. The molecule has 0 saturated carbocycles. The molecule has 1 atom stereocenters. The van der Waals surface area contributed by atoms with E-state index >= 15 is 0 Å². The van der Waals surface area contributed by atoms with Crippen LogP contribution in [0.4, 0.5) is 4.39 Å². The maximum absolute atomic E-state index is 14.4. The van der Waals surface area contributed by atoms with Crippen molar-refractivity contribution in [2.75, 3.05) is 19.8 Å². The van der Waals surface area contributed by atoms with Crippen LogP contribution < -0.4 is 5.73 Å². The van der Waals surface area contributed by atoms with Crippen LogP contribution in [0.25, 0.3) is 0 Å². The number of nitrogens with zero attached hydrogens (tertiary/aromatic N) is 1. The van der Waals surface area contributed by atoms with Gasteiger partial charge in [-0.05, 0) is 18.6 Å². The Morgan fingerprint density at radius 1 is 1.52 bits per heavy atom. The predicted molar refractivity (Wildman–Crippen MR) is 80.8 cm³/mol. The minimum absolute atomic E-state index is 0.0614. The van der Waals surface area contributed by atoms with Gasteiger partial charge >= 0.3 is 0 Å². The molecule has 8 heteroatoms. The summed E-state index contributed by atoms with van der Waals surface area (Å²) in [4.78, 5) is -0.335. The third-order valence-corrected chi connectivity index (χ3v) is 5.94. The topological polar surface area (TPSA) is 72.6 Å². The second-order valence-corrected chi connectivity index (χ2v) is 7.61. The molecule has 0 aliphatic carbocycles. The molecule has 1 aliphatic heterocycles. The lowest BCUT2D eigenvalue weighted by Crippen LogP contribution is -2.48. The number of nitrogens with two attached hydrogens (primary N) is 1. The monoisotopic (exact) mass is 380 g/mol. The lowest BCUT2D eigenvalue weighted by Gasteiger charge is -2.34. The van der Waals surface area contributed by atoms with Gasteiger partial charge in [-0.3, -0.25) is 0 Å². The van der Waals surface area contributed by atoms with E-state index in [2.05, 4.69) is 15.9 Å². The van der Waals surface area contributed by atoms with Crippen LogP contribution >= 0.6 is 15.9 Å². The summed E-state index contributed by atoms with van der Waals surface area (Å²) in [6.45, 7) is 2.69. The van der Waals surface area contributed by atoms with Gasteiger partial charge in [-0.1, -0.05) is 22.9 Å². The van der Waals surface area contributed by atoms with Crippen molar-refractivity contribution < 1.29 is 17.5 Å². The fourth-order valence-electron chi connectivity index (χ4n) is 2.36. The minimum Gasteiger partial charge on any atom is -0.378 e. The van der Waals surface area contributed by atoms with E-state index in [-0.39, 0.29) is 29.6 Å². The Labute approximate surface area is 132 Å². The highest BCUT2D eigenvalue weighted by Crippen LogP contribution is 2.28. The van der Waals surface area contributed by atoms with Crippen LogP contribution in [0.1, 0.15) is 18.9 Å². The van der Waals surface area contributed by atoms with Gasteiger partial charge in [-0.2, -0.15) is 4.31 Å². The van der Waals surface area contributed by atoms with Gasteiger partial charge < -0.3 is 10.5 Å². The number of hydrogen-bond acceptors (Lipinski definition) is 4. The smallest absolute Gasteiger partial charge is 0.246 e. The Hall–Kier alpha value is -0.540. The summed E-state index contributed by atoms with van der Waals surface area (Å²) in [5.74, 6) is -0.776. The number of sulfonamides is 1. The molecule has 5 nitrogen and oxygen atoms in total. The van der Waals surface area contributed by atoms with Crippen LogP contribution in [0.5, 0.6) is 0 Å². The van der Waals surface area contributed by atoms with Gasteiger partial charge in [-0.15, -0.1) is 0 Å². The van der Waals surface area contributed by atoms with Gasteiger partial charge in [0.15, 0.2) is 0 Å². The second kappa shape index (κ2) is 6.70. The first-order chi connectivity index (χ1) is 9.91. The molecule has 1 aromatic carbocycles. The Kier molecular flexibility index (Phi) is 5.37. The lowest BCUT2D eigenvalue weighted by molar-refractivity contribution is 0.0313. The summed E-state index contributed by atoms with van der Waals surface area (Å²) >= 11 is 3.21. The highest BCUT2D eigenvalue weighted by atomic mass is 79.9. The van der Waals surface area contributed by atoms with Crippen molar-refractivity contribution in [3.05, 3.63) is 28.0 Å². The van der Waals surface area contributed by atoms with Crippen LogP contribution in [0.15, 0.2) is 21.5 Å². The van der Waals surface area contributed by atoms with Gasteiger partial charge in [0.25, 0.3) is 0 Å². The zero-order valence-electron chi connectivity index (χ0n) is 11.7. The standard InChI is InChI=1S/C13H18BrFN2O3S/c1-2-11-8-20-4-3-17(11)21(18,19)12-6-10(14)5-9(7-16)13(12)15/h5-6,11H,2-4,7-8,16H2,1H3. The third-order valence-electron chi connectivity index (χ3n) is 3.53. The molecule has 1 aromatic rings. The minimum atomic E-state index is -3.92. The van der Waals surface area contributed by atoms with Crippen molar-refractivity contribution in [1.82, 2.24) is 4.31 Å². The molecule has 0 bridgehead atoms. The van der Waals surface area contributed by atoms with Crippen molar-refractivity contribution >= 4 is 26.0 Å². The fourth-order valence-corrected chi connectivity index (χ4v) is 4.82. The van der Waals surface area contributed by atoms with E-state index in [1.165, 1.54) is 16.4 Å². The maximum atomic E-state index is 14.4. The van der Waals surface area contributed by atoms with E-state index in [1.54, 1.807) is 0 Å². The largest absolute Gasteiger partial charge is 0.378 e. The second-order valence-electron chi connectivity index (χ2n) is 4.83. The molecule has 1 unspecified atom stereocenters. The normalized spacial score (nSPS) is 20.7. The van der Waals surface area contributed by atoms with Gasteiger partial charge in [0, 0.05) is 29.2 Å². The highest BCUT2D eigenvalue weighted by molar-refractivity contribution is 9.10.